The Morgan fingerprint density at radius 2 is 1.52 bits per heavy atom. The van der Waals surface area contributed by atoms with Crippen LogP contribution >= 0.6 is 0 Å². The van der Waals surface area contributed by atoms with E-state index >= 15 is 0 Å². The molecular formula is C18H18IrN2. The molecule has 2 nitrogen and oxygen atoms in total. The molecule has 2 aromatic rings. The second-order valence-electron chi connectivity index (χ2n) is 5.67. The van der Waals surface area contributed by atoms with Crippen LogP contribution in [0.25, 0.3) is 0 Å². The van der Waals surface area contributed by atoms with Crippen molar-refractivity contribution >= 4 is 5.69 Å². The first-order valence-corrected chi connectivity index (χ1v) is 7.08. The van der Waals surface area contributed by atoms with Crippen LogP contribution < -0.4 is 19.9 Å². The van der Waals surface area contributed by atoms with Crippen molar-refractivity contribution in [3.05, 3.63) is 76.6 Å². The zero-order valence-electron chi connectivity index (χ0n) is 12.4. The molecule has 2 aliphatic heterocycles. The van der Waals surface area contributed by atoms with Crippen LogP contribution in [0.1, 0.15) is 19.4 Å². The average molecular weight is 455 g/mol. The molecule has 2 heterocycles. The molecule has 1 unspecified atom stereocenters. The smallest absolute Gasteiger partial charge is 0.273 e. The van der Waals surface area contributed by atoms with Gasteiger partial charge >= 0.3 is 0 Å². The predicted molar refractivity (Wildman–Crippen MR) is 80.9 cm³/mol. The number of para-hydroxylation sites is 3. The van der Waals surface area contributed by atoms with Crippen molar-refractivity contribution in [1.82, 2.24) is 9.15 Å². The van der Waals surface area contributed by atoms with E-state index in [0.717, 1.165) is 0 Å². The first-order chi connectivity index (χ1) is 9.70. The summed E-state index contributed by atoms with van der Waals surface area (Å²) in [6.07, 6.45) is 0.308. The van der Waals surface area contributed by atoms with Gasteiger partial charge in [0.2, 0.25) is 6.17 Å². The Morgan fingerprint density at radius 3 is 2.29 bits per heavy atom. The number of nitrogens with zero attached hydrogens (tertiary/aromatic N) is 2. The van der Waals surface area contributed by atoms with Crippen molar-refractivity contribution in [1.29, 1.82) is 0 Å². The summed E-state index contributed by atoms with van der Waals surface area (Å²) < 4.78 is 4.84. The Balaban J connectivity index is 0.00000132. The van der Waals surface area contributed by atoms with Gasteiger partial charge in [0.05, 0.1) is 0 Å². The van der Waals surface area contributed by atoms with Crippen LogP contribution in [-0.4, -0.2) is 13.2 Å². The average Bonchev–Trinajstić information content (AvgIpc) is 2.79. The summed E-state index contributed by atoms with van der Waals surface area (Å²) in [6, 6.07) is 17.4. The predicted octanol–water partition coefficient (Wildman–Crippen LogP) is 1.52. The molecule has 21 heavy (non-hydrogen) atoms. The molecule has 0 spiro atoms. The molecule has 4 rings (SSSR count). The van der Waals surface area contributed by atoms with Crippen molar-refractivity contribution in [3.8, 4) is 0 Å². The Labute approximate surface area is 138 Å². The van der Waals surface area contributed by atoms with Crippen LogP contribution in [-0.2, 0) is 20.1 Å². The number of hydrogen-bond donors (Lipinski definition) is 0. The van der Waals surface area contributed by atoms with Gasteiger partial charge in [-0.05, 0) is 6.07 Å². The van der Waals surface area contributed by atoms with Crippen molar-refractivity contribution in [2.24, 2.45) is 0 Å². The summed E-state index contributed by atoms with van der Waals surface area (Å²) in [6.45, 7) is 4.49. The number of rotatable bonds is 0. The standard InChI is InChI=1S/C18H18N2.Ir/c1-12-13(2)18-19(3)16-10-6-7-11-17(16)20(18)15-9-5-4-8-14(12)15;/h4-11,18H,1-3H3;. The molecule has 2 aliphatic rings. The van der Waals surface area contributed by atoms with E-state index in [1.54, 1.807) is 0 Å². The molecule has 0 N–H and O–H groups in total. The molecular weight excluding hydrogens is 436 g/mol. The molecule has 2 aromatic carbocycles. The maximum atomic E-state index is 2.47. The van der Waals surface area contributed by atoms with Crippen LogP contribution in [0.5, 0.6) is 0 Å². The summed E-state index contributed by atoms with van der Waals surface area (Å²) >= 11 is 0. The molecule has 1 atom stereocenters. The molecule has 0 bridgehead atoms. The van der Waals surface area contributed by atoms with Crippen molar-refractivity contribution < 1.29 is 20.1 Å². The van der Waals surface area contributed by atoms with E-state index in [1.807, 2.05) is 0 Å². The largest absolute Gasteiger partial charge is 0.308 e. The van der Waals surface area contributed by atoms with Crippen molar-refractivity contribution in [2.75, 3.05) is 7.05 Å². The van der Waals surface area contributed by atoms with Crippen LogP contribution in [0.15, 0.2) is 48.5 Å². The molecule has 0 saturated heterocycles. The van der Waals surface area contributed by atoms with Crippen LogP contribution in [0.2, 0.25) is 0 Å². The van der Waals surface area contributed by atoms with Crippen molar-refractivity contribution in [3.63, 3.8) is 0 Å². The quantitative estimate of drug-likeness (QED) is 0.421. The molecule has 3 heteroatoms. The molecule has 0 aromatic heterocycles. The van der Waals surface area contributed by atoms with Gasteiger partial charge in [-0.1, -0.05) is 18.2 Å². The van der Waals surface area contributed by atoms with Crippen LogP contribution in [0.4, 0.5) is 5.69 Å². The van der Waals surface area contributed by atoms with Gasteiger partial charge in [0.15, 0.2) is 0 Å². The van der Waals surface area contributed by atoms with Gasteiger partial charge in [0, 0.05) is 32.2 Å². The van der Waals surface area contributed by atoms with Crippen LogP contribution in [0.3, 0.4) is 0 Å². The molecule has 0 saturated carbocycles. The Bertz CT molecular complexity index is 825. The minimum atomic E-state index is 0. The summed E-state index contributed by atoms with van der Waals surface area (Å²) in [7, 11) is 2.19. The fraction of sp³-hybridized carbons (Fsp3) is 0.222. The number of fused-ring (bicyclic) bond motifs is 4. The fourth-order valence-electron chi connectivity index (χ4n) is 3.56. The van der Waals surface area contributed by atoms with E-state index < -0.39 is 0 Å². The maximum Gasteiger partial charge on any atom is 0.273 e. The van der Waals surface area contributed by atoms with Gasteiger partial charge < -0.3 is 5.92 Å². The third kappa shape index (κ3) is 1.84. The summed E-state index contributed by atoms with van der Waals surface area (Å²) in [4.78, 5) is 0. The summed E-state index contributed by atoms with van der Waals surface area (Å²) in [5, 5.41) is 2.61. The van der Waals surface area contributed by atoms with E-state index in [0.29, 0.717) is 6.17 Å². The van der Waals surface area contributed by atoms with Gasteiger partial charge in [-0.15, -0.1) is 18.6 Å². The van der Waals surface area contributed by atoms with E-state index in [1.165, 1.54) is 33.8 Å². The maximum absolute atomic E-state index is 2.47. The Hall–Kier alpha value is -1.44. The second-order valence-corrected chi connectivity index (χ2v) is 5.67. The van der Waals surface area contributed by atoms with Gasteiger partial charge in [0.1, 0.15) is 12.7 Å². The van der Waals surface area contributed by atoms with Crippen LogP contribution in [0, 0.1) is 11.8 Å². The van der Waals surface area contributed by atoms with Crippen molar-refractivity contribution in [2.45, 2.75) is 20.0 Å². The number of benzene rings is 2. The van der Waals surface area contributed by atoms with Gasteiger partial charge in [-0.3, -0.25) is 0 Å². The van der Waals surface area contributed by atoms with E-state index in [2.05, 4.69) is 78.6 Å². The minimum Gasteiger partial charge on any atom is -0.308 e. The third-order valence-corrected chi connectivity index (χ3v) is 4.68. The second kappa shape index (κ2) is 5.08. The molecule has 1 radical (unpaired) electrons. The van der Waals surface area contributed by atoms with Gasteiger partial charge in [0.25, 0.3) is 10.7 Å². The zero-order valence-corrected chi connectivity index (χ0v) is 14.8. The number of hydrogen-bond acceptors (Lipinski definition) is 0. The summed E-state index contributed by atoms with van der Waals surface area (Å²) in [5.74, 6) is 2.84. The summed E-state index contributed by atoms with van der Waals surface area (Å²) in [5.41, 5.74) is 2.67. The van der Waals surface area contributed by atoms with E-state index in [9.17, 15) is 0 Å². The normalized spacial score (nSPS) is 19.8. The first-order valence-electron chi connectivity index (χ1n) is 7.08. The fourth-order valence-corrected chi connectivity index (χ4v) is 3.56. The van der Waals surface area contributed by atoms with E-state index in [-0.39, 0.29) is 20.1 Å². The Morgan fingerprint density at radius 1 is 0.905 bits per heavy atom. The molecule has 0 fully saturated rings. The monoisotopic (exact) mass is 455 g/mol. The van der Waals surface area contributed by atoms with Gasteiger partial charge in [-0.2, -0.15) is 17.6 Å². The molecule has 0 aliphatic carbocycles. The third-order valence-electron chi connectivity index (χ3n) is 4.68. The Kier molecular flexibility index (Phi) is 3.51. The molecule has 109 valence electrons. The zero-order chi connectivity index (χ0) is 13.9. The minimum absolute atomic E-state index is 0. The SMILES string of the molecule is C[C-]1c2ccccc2[N+]2=c3ccccc3=[N+](C)C2[C-]1C.[Ir]. The first kappa shape index (κ1) is 14.5. The molecule has 0 amide bonds. The van der Waals surface area contributed by atoms with E-state index in [4.69, 9.17) is 0 Å². The van der Waals surface area contributed by atoms with Gasteiger partial charge in [-0.25, -0.2) is 10.5 Å². The topological polar surface area (TPSA) is 6.02 Å².